The van der Waals surface area contributed by atoms with Gasteiger partial charge in [-0.3, -0.25) is 9.89 Å². The molecule has 6 rings (SSSR count). The van der Waals surface area contributed by atoms with E-state index in [4.69, 9.17) is 4.74 Å². The van der Waals surface area contributed by atoms with Crippen molar-refractivity contribution in [1.82, 2.24) is 14.8 Å². The molecular formula is C26H26FN3O3. The molecule has 4 aromatic rings. The number of benzene rings is 2. The number of aliphatic carboxylic acids is 1. The first-order valence-electron chi connectivity index (χ1n) is 11.5. The van der Waals surface area contributed by atoms with Crippen LogP contribution in [-0.2, 0) is 9.53 Å². The Balaban J connectivity index is 1.64. The molecule has 2 aliphatic rings. The standard InChI is InChI=1S/C26H26FN3O3/c1-26(25(31)32)12-17(13-26)23-20-11-21-16(14-28-29-21)10-22(20)30(19-4-2-18(27)3-5-19)24(23)15-6-8-33-9-7-15/h2-5,10-11,14-15,17H,6-9,12-13H2,1H3,(H,28,29)(H,31,32). The maximum absolute atomic E-state index is 13.8. The van der Waals surface area contributed by atoms with Gasteiger partial charge in [-0.2, -0.15) is 5.10 Å². The van der Waals surface area contributed by atoms with Crippen molar-refractivity contribution in [2.24, 2.45) is 5.41 Å². The highest BCUT2D eigenvalue weighted by Crippen LogP contribution is 2.55. The van der Waals surface area contributed by atoms with Crippen molar-refractivity contribution in [3.8, 4) is 5.69 Å². The normalized spacial score (nSPS) is 23.8. The van der Waals surface area contributed by atoms with E-state index in [1.165, 1.54) is 23.4 Å². The predicted molar refractivity (Wildman–Crippen MR) is 123 cm³/mol. The highest BCUT2D eigenvalue weighted by molar-refractivity contribution is 5.99. The summed E-state index contributed by atoms with van der Waals surface area (Å²) in [6, 6.07) is 10.9. The summed E-state index contributed by atoms with van der Waals surface area (Å²) in [5, 5.41) is 19.2. The maximum Gasteiger partial charge on any atom is 0.309 e. The topological polar surface area (TPSA) is 80.1 Å². The quantitative estimate of drug-likeness (QED) is 0.432. The Labute approximate surface area is 190 Å². The van der Waals surface area contributed by atoms with Gasteiger partial charge in [-0.25, -0.2) is 4.39 Å². The highest BCUT2D eigenvalue weighted by atomic mass is 19.1. The summed E-state index contributed by atoms with van der Waals surface area (Å²) in [6.07, 6.45) is 4.86. The first kappa shape index (κ1) is 20.4. The predicted octanol–water partition coefficient (Wildman–Crippen LogP) is 5.51. The van der Waals surface area contributed by atoms with Gasteiger partial charge >= 0.3 is 5.97 Å². The average molecular weight is 448 g/mol. The molecule has 6 nitrogen and oxygen atoms in total. The summed E-state index contributed by atoms with van der Waals surface area (Å²) in [5.41, 5.74) is 4.68. The smallest absolute Gasteiger partial charge is 0.309 e. The fourth-order valence-electron chi connectivity index (χ4n) is 5.85. The molecule has 0 radical (unpaired) electrons. The SMILES string of the molecule is CC1(C(=O)O)CC(c2c(C3CCOCC3)n(-c3ccc(F)cc3)c3cc4cn[nH]c4cc23)C1. The van der Waals surface area contributed by atoms with Crippen LogP contribution in [0.5, 0.6) is 0 Å². The molecule has 3 heterocycles. The van der Waals surface area contributed by atoms with Gasteiger partial charge in [0.25, 0.3) is 0 Å². The van der Waals surface area contributed by atoms with Gasteiger partial charge in [0.15, 0.2) is 0 Å². The molecule has 2 fully saturated rings. The number of carbonyl (C=O) groups is 1. The van der Waals surface area contributed by atoms with Crippen LogP contribution in [-0.4, -0.2) is 39.1 Å². The van der Waals surface area contributed by atoms with Gasteiger partial charge in [-0.05, 0) is 80.5 Å². The van der Waals surface area contributed by atoms with E-state index in [2.05, 4.69) is 26.9 Å². The highest BCUT2D eigenvalue weighted by Gasteiger charge is 2.49. The summed E-state index contributed by atoms with van der Waals surface area (Å²) in [4.78, 5) is 11.9. The van der Waals surface area contributed by atoms with Crippen molar-refractivity contribution in [2.45, 2.75) is 44.4 Å². The molecule has 2 aromatic carbocycles. The number of aromatic nitrogens is 3. The Bertz CT molecular complexity index is 1360. The number of halogens is 1. The minimum atomic E-state index is -0.732. The molecule has 1 saturated heterocycles. The zero-order valence-corrected chi connectivity index (χ0v) is 18.5. The van der Waals surface area contributed by atoms with Crippen LogP contribution >= 0.6 is 0 Å². The molecule has 2 N–H and O–H groups in total. The Hall–Kier alpha value is -3.19. The molecule has 33 heavy (non-hydrogen) atoms. The van der Waals surface area contributed by atoms with E-state index < -0.39 is 11.4 Å². The van der Waals surface area contributed by atoms with Crippen LogP contribution in [0.3, 0.4) is 0 Å². The second kappa shape index (κ2) is 7.42. The van der Waals surface area contributed by atoms with E-state index in [1.54, 1.807) is 0 Å². The second-order valence-corrected chi connectivity index (χ2v) is 9.79. The molecule has 0 atom stereocenters. The van der Waals surface area contributed by atoms with Crippen LogP contribution in [0.4, 0.5) is 4.39 Å². The first-order valence-corrected chi connectivity index (χ1v) is 11.5. The molecule has 0 amide bonds. The molecule has 2 aromatic heterocycles. The third-order valence-corrected chi connectivity index (χ3v) is 7.62. The molecular weight excluding hydrogens is 421 g/mol. The lowest BCUT2D eigenvalue weighted by Gasteiger charge is -2.43. The third-order valence-electron chi connectivity index (χ3n) is 7.62. The number of nitrogens with one attached hydrogen (secondary N) is 1. The molecule has 170 valence electrons. The molecule has 0 unspecified atom stereocenters. The average Bonchev–Trinajstić information content (AvgIpc) is 3.38. The van der Waals surface area contributed by atoms with Gasteiger partial charge in [0.1, 0.15) is 5.82 Å². The zero-order valence-electron chi connectivity index (χ0n) is 18.5. The third kappa shape index (κ3) is 3.17. The molecule has 0 spiro atoms. The molecule has 1 aliphatic heterocycles. The minimum Gasteiger partial charge on any atom is -0.481 e. The Kier molecular flexibility index (Phi) is 4.59. The summed E-state index contributed by atoms with van der Waals surface area (Å²) < 4.78 is 21.7. The van der Waals surface area contributed by atoms with Crippen molar-refractivity contribution in [3.63, 3.8) is 0 Å². The molecule has 0 bridgehead atoms. The second-order valence-electron chi connectivity index (χ2n) is 9.79. The van der Waals surface area contributed by atoms with Gasteiger partial charge < -0.3 is 14.4 Å². The fraction of sp³-hybridized carbons (Fsp3) is 0.385. The number of carboxylic acid groups (broad SMARTS) is 1. The number of fused-ring (bicyclic) bond motifs is 2. The van der Waals surface area contributed by atoms with Crippen molar-refractivity contribution < 1.29 is 19.0 Å². The van der Waals surface area contributed by atoms with Crippen molar-refractivity contribution >= 4 is 27.8 Å². The van der Waals surface area contributed by atoms with E-state index in [0.29, 0.717) is 32.0 Å². The maximum atomic E-state index is 13.8. The van der Waals surface area contributed by atoms with Crippen LogP contribution in [0, 0.1) is 11.2 Å². The van der Waals surface area contributed by atoms with Gasteiger partial charge in [0.05, 0.1) is 22.6 Å². The number of carboxylic acids is 1. The first-order chi connectivity index (χ1) is 15.9. The lowest BCUT2D eigenvalue weighted by molar-refractivity contribution is -0.154. The van der Waals surface area contributed by atoms with Gasteiger partial charge in [0.2, 0.25) is 0 Å². The number of hydrogen-bond donors (Lipinski definition) is 2. The van der Waals surface area contributed by atoms with Crippen LogP contribution < -0.4 is 0 Å². The lowest BCUT2D eigenvalue weighted by atomic mass is 9.60. The van der Waals surface area contributed by atoms with E-state index in [1.807, 2.05) is 25.3 Å². The van der Waals surface area contributed by atoms with Gasteiger partial charge in [-0.1, -0.05) is 0 Å². The summed E-state index contributed by atoms with van der Waals surface area (Å²) in [5.74, 6) is -0.547. The number of aromatic amines is 1. The zero-order chi connectivity index (χ0) is 22.7. The van der Waals surface area contributed by atoms with Gasteiger partial charge in [-0.15, -0.1) is 0 Å². The van der Waals surface area contributed by atoms with Crippen LogP contribution in [0.25, 0.3) is 27.5 Å². The Morgan fingerprint density at radius 3 is 2.61 bits per heavy atom. The van der Waals surface area contributed by atoms with E-state index >= 15 is 0 Å². The fourth-order valence-corrected chi connectivity index (χ4v) is 5.85. The van der Waals surface area contributed by atoms with Gasteiger partial charge in [0, 0.05) is 41.3 Å². The summed E-state index contributed by atoms with van der Waals surface area (Å²) >= 11 is 0. The monoisotopic (exact) mass is 447 g/mol. The van der Waals surface area contributed by atoms with Crippen molar-refractivity contribution in [2.75, 3.05) is 13.2 Å². The minimum absolute atomic E-state index is 0.161. The lowest BCUT2D eigenvalue weighted by Crippen LogP contribution is -2.40. The number of ether oxygens (including phenoxy) is 1. The van der Waals surface area contributed by atoms with Crippen molar-refractivity contribution in [1.29, 1.82) is 0 Å². The number of H-pyrrole nitrogens is 1. The van der Waals surface area contributed by atoms with Crippen LogP contribution in [0.1, 0.15) is 55.7 Å². The molecule has 1 saturated carbocycles. The number of hydrogen-bond acceptors (Lipinski definition) is 3. The Morgan fingerprint density at radius 2 is 1.91 bits per heavy atom. The van der Waals surface area contributed by atoms with E-state index in [-0.39, 0.29) is 11.7 Å². The van der Waals surface area contributed by atoms with Crippen LogP contribution in [0.15, 0.2) is 42.6 Å². The largest absolute Gasteiger partial charge is 0.481 e. The number of rotatable bonds is 4. The van der Waals surface area contributed by atoms with E-state index in [0.717, 1.165) is 40.3 Å². The number of nitrogens with zero attached hydrogens (tertiary/aromatic N) is 2. The molecule has 7 heteroatoms. The van der Waals surface area contributed by atoms with E-state index in [9.17, 15) is 14.3 Å². The molecule has 1 aliphatic carbocycles. The van der Waals surface area contributed by atoms with Crippen molar-refractivity contribution in [3.05, 3.63) is 59.7 Å². The summed E-state index contributed by atoms with van der Waals surface area (Å²) in [6.45, 7) is 3.25. The Morgan fingerprint density at radius 1 is 1.18 bits per heavy atom. The van der Waals surface area contributed by atoms with Crippen LogP contribution in [0.2, 0.25) is 0 Å². The summed E-state index contributed by atoms with van der Waals surface area (Å²) in [7, 11) is 0.